The molecular formula is C33H41F3N2O3. The van der Waals surface area contributed by atoms with E-state index in [4.69, 9.17) is 9.47 Å². The first-order chi connectivity index (χ1) is 19.6. The van der Waals surface area contributed by atoms with Gasteiger partial charge in [-0.25, -0.2) is 27.9 Å². The van der Waals surface area contributed by atoms with Crippen LogP contribution in [0.15, 0.2) is 60.9 Å². The zero-order valence-corrected chi connectivity index (χ0v) is 24.4. The van der Waals surface area contributed by atoms with Crippen molar-refractivity contribution in [2.75, 3.05) is 6.61 Å². The van der Waals surface area contributed by atoms with Crippen molar-refractivity contribution in [3.8, 4) is 34.0 Å². The summed E-state index contributed by atoms with van der Waals surface area (Å²) in [5.41, 5.74) is 0.279. The molecular weight excluding hydrogens is 529 g/mol. The summed E-state index contributed by atoms with van der Waals surface area (Å²) in [5.74, 6) is 0.691. The van der Waals surface area contributed by atoms with Gasteiger partial charge in [0, 0.05) is 23.5 Å². The van der Waals surface area contributed by atoms with Gasteiger partial charge in [-0.05, 0) is 80.5 Å². The first-order valence-electron chi connectivity index (χ1n) is 14.5. The van der Waals surface area contributed by atoms with Crippen LogP contribution >= 0.6 is 0 Å². The SMILES string of the molecule is CCCCCC(C)(F)C(=O)Oc1ccc(-c2cnc(-c3ccc(OCC(F)C(F)CCC(C)CC)cc3)nc2)cc1. The van der Waals surface area contributed by atoms with Crippen LogP contribution in [0.25, 0.3) is 22.5 Å². The lowest BCUT2D eigenvalue weighted by Gasteiger charge is -2.18. The van der Waals surface area contributed by atoms with Crippen molar-refractivity contribution < 1.29 is 27.4 Å². The van der Waals surface area contributed by atoms with Crippen LogP contribution in [-0.2, 0) is 4.79 Å². The quantitative estimate of drug-likeness (QED) is 0.0978. The van der Waals surface area contributed by atoms with Crippen LogP contribution in [0, 0.1) is 5.92 Å². The Bertz CT molecular complexity index is 1200. The summed E-state index contributed by atoms with van der Waals surface area (Å²) in [5, 5.41) is 0. The number of alkyl halides is 3. The minimum Gasteiger partial charge on any atom is -0.490 e. The fourth-order valence-electron chi connectivity index (χ4n) is 4.17. The number of nitrogens with zero attached hydrogens (tertiary/aromatic N) is 2. The Morgan fingerprint density at radius 3 is 2.07 bits per heavy atom. The minimum absolute atomic E-state index is 0.132. The Labute approximate surface area is 241 Å². The van der Waals surface area contributed by atoms with Crippen LogP contribution < -0.4 is 9.47 Å². The van der Waals surface area contributed by atoms with Crippen LogP contribution in [-0.4, -0.2) is 40.6 Å². The van der Waals surface area contributed by atoms with E-state index in [2.05, 4.69) is 9.97 Å². The van der Waals surface area contributed by atoms with Crippen LogP contribution in [0.3, 0.4) is 0 Å². The predicted molar refractivity (Wildman–Crippen MR) is 156 cm³/mol. The van der Waals surface area contributed by atoms with Crippen molar-refractivity contribution in [2.24, 2.45) is 5.92 Å². The monoisotopic (exact) mass is 570 g/mol. The third-order valence-corrected chi connectivity index (χ3v) is 7.27. The van der Waals surface area contributed by atoms with Gasteiger partial charge >= 0.3 is 5.97 Å². The third-order valence-electron chi connectivity index (χ3n) is 7.27. The van der Waals surface area contributed by atoms with Gasteiger partial charge in [0.2, 0.25) is 5.67 Å². The normalized spacial score (nSPS) is 15.0. The van der Waals surface area contributed by atoms with E-state index in [9.17, 15) is 18.0 Å². The maximum Gasteiger partial charge on any atom is 0.348 e. The van der Waals surface area contributed by atoms with Crippen molar-refractivity contribution in [1.29, 1.82) is 0 Å². The van der Waals surface area contributed by atoms with Crippen molar-refractivity contribution in [1.82, 2.24) is 9.97 Å². The number of carbonyl (C=O) groups is 1. The summed E-state index contributed by atoms with van der Waals surface area (Å²) in [6.07, 6.45) is 4.52. The molecule has 3 rings (SSSR count). The van der Waals surface area contributed by atoms with Crippen molar-refractivity contribution in [2.45, 2.75) is 90.7 Å². The largest absolute Gasteiger partial charge is 0.490 e. The van der Waals surface area contributed by atoms with E-state index in [1.807, 2.05) is 20.8 Å². The molecule has 0 spiro atoms. The lowest BCUT2D eigenvalue weighted by molar-refractivity contribution is -0.147. The van der Waals surface area contributed by atoms with Crippen LogP contribution in [0.4, 0.5) is 13.2 Å². The van der Waals surface area contributed by atoms with Gasteiger partial charge in [-0.2, -0.15) is 0 Å². The summed E-state index contributed by atoms with van der Waals surface area (Å²) in [6, 6.07) is 13.6. The molecule has 4 unspecified atom stereocenters. The molecule has 41 heavy (non-hydrogen) atoms. The number of ether oxygens (including phenoxy) is 2. The number of carbonyl (C=O) groups excluding carboxylic acids is 1. The van der Waals surface area contributed by atoms with Gasteiger partial charge in [0.15, 0.2) is 12.0 Å². The number of aromatic nitrogens is 2. The number of rotatable bonds is 16. The smallest absolute Gasteiger partial charge is 0.348 e. The lowest BCUT2D eigenvalue weighted by atomic mass is 9.99. The van der Waals surface area contributed by atoms with Crippen molar-refractivity contribution in [3.63, 3.8) is 0 Å². The van der Waals surface area contributed by atoms with Crippen molar-refractivity contribution >= 4 is 5.97 Å². The molecule has 0 aliphatic rings. The molecule has 0 amide bonds. The highest BCUT2D eigenvalue weighted by molar-refractivity contribution is 5.81. The average molecular weight is 571 g/mol. The molecule has 0 fully saturated rings. The molecule has 2 aromatic carbocycles. The Balaban J connectivity index is 1.53. The molecule has 1 heterocycles. The molecule has 4 atom stereocenters. The maximum absolute atomic E-state index is 14.7. The molecule has 222 valence electrons. The Morgan fingerprint density at radius 2 is 1.46 bits per heavy atom. The minimum atomic E-state index is -2.03. The fourth-order valence-corrected chi connectivity index (χ4v) is 4.17. The summed E-state index contributed by atoms with van der Waals surface area (Å²) >= 11 is 0. The van der Waals surface area contributed by atoms with Crippen LogP contribution in [0.1, 0.15) is 72.6 Å². The number of halogens is 3. The van der Waals surface area contributed by atoms with Gasteiger partial charge in [-0.3, -0.25) is 0 Å². The van der Waals surface area contributed by atoms with E-state index in [1.165, 1.54) is 6.92 Å². The molecule has 0 bridgehead atoms. The van der Waals surface area contributed by atoms with Gasteiger partial charge < -0.3 is 9.47 Å². The van der Waals surface area contributed by atoms with Crippen molar-refractivity contribution in [3.05, 3.63) is 60.9 Å². The number of benzene rings is 2. The number of hydrogen-bond donors (Lipinski definition) is 0. The summed E-state index contributed by atoms with van der Waals surface area (Å²) in [4.78, 5) is 21.1. The third kappa shape index (κ3) is 9.87. The van der Waals surface area contributed by atoms with E-state index in [-0.39, 0.29) is 25.2 Å². The summed E-state index contributed by atoms with van der Waals surface area (Å²) in [7, 11) is 0. The highest BCUT2D eigenvalue weighted by atomic mass is 19.2. The van der Waals surface area contributed by atoms with Gasteiger partial charge in [-0.15, -0.1) is 0 Å². The molecule has 0 radical (unpaired) electrons. The molecule has 0 aliphatic heterocycles. The van der Waals surface area contributed by atoms with Crippen LogP contribution in [0.2, 0.25) is 0 Å². The second kappa shape index (κ2) is 15.5. The highest BCUT2D eigenvalue weighted by Crippen LogP contribution is 2.27. The number of unbranched alkanes of at least 4 members (excludes halogenated alkanes) is 2. The second-order valence-electron chi connectivity index (χ2n) is 10.8. The van der Waals surface area contributed by atoms with E-state index >= 15 is 0 Å². The first kappa shape index (κ1) is 32.1. The van der Waals surface area contributed by atoms with E-state index < -0.39 is 24.0 Å². The predicted octanol–water partition coefficient (Wildman–Crippen LogP) is 8.91. The molecule has 0 saturated carbocycles. The highest BCUT2D eigenvalue weighted by Gasteiger charge is 2.34. The molecule has 5 nitrogen and oxygen atoms in total. The number of hydrogen-bond acceptors (Lipinski definition) is 5. The van der Waals surface area contributed by atoms with Gasteiger partial charge in [0.25, 0.3) is 0 Å². The van der Waals surface area contributed by atoms with E-state index in [0.29, 0.717) is 30.3 Å². The van der Waals surface area contributed by atoms with Gasteiger partial charge in [-0.1, -0.05) is 52.2 Å². The molecule has 0 aliphatic carbocycles. The lowest BCUT2D eigenvalue weighted by Crippen LogP contribution is -2.34. The molecule has 3 aromatic rings. The molecule has 0 saturated heterocycles. The summed E-state index contributed by atoms with van der Waals surface area (Å²) in [6.45, 7) is 7.02. The zero-order valence-electron chi connectivity index (χ0n) is 24.4. The van der Waals surface area contributed by atoms with E-state index in [1.54, 1.807) is 60.9 Å². The Hall–Kier alpha value is -3.42. The molecule has 8 heteroatoms. The Kier molecular flexibility index (Phi) is 12.2. The maximum atomic E-state index is 14.7. The topological polar surface area (TPSA) is 61.3 Å². The Morgan fingerprint density at radius 1 is 0.854 bits per heavy atom. The second-order valence-corrected chi connectivity index (χ2v) is 10.8. The average Bonchev–Trinajstić information content (AvgIpc) is 2.99. The molecule has 1 aromatic heterocycles. The fraction of sp³-hybridized carbons (Fsp3) is 0.485. The first-order valence-corrected chi connectivity index (χ1v) is 14.5. The van der Waals surface area contributed by atoms with Gasteiger partial charge in [0.1, 0.15) is 24.3 Å². The molecule has 0 N–H and O–H groups in total. The van der Waals surface area contributed by atoms with Crippen LogP contribution in [0.5, 0.6) is 11.5 Å². The standard InChI is InChI=1S/C33H41F3N2O3/c1-5-7-8-19-33(4,36)32(39)41-28-16-10-24(11-17-28)26-20-37-31(38-21-26)25-12-14-27(15-13-25)40-22-30(35)29(34)18-9-23(3)6-2/h10-17,20-21,23,29-30H,5-9,18-19,22H2,1-4H3. The summed E-state index contributed by atoms with van der Waals surface area (Å²) < 4.78 is 53.7. The number of esters is 1. The zero-order chi connectivity index (χ0) is 29.8. The van der Waals surface area contributed by atoms with E-state index in [0.717, 1.165) is 36.0 Å². The van der Waals surface area contributed by atoms with Gasteiger partial charge in [0.05, 0.1) is 0 Å².